The van der Waals surface area contributed by atoms with Crippen molar-refractivity contribution in [3.05, 3.63) is 30.0 Å². The van der Waals surface area contributed by atoms with E-state index in [1.807, 2.05) is 18.2 Å². The molecule has 4 heteroatoms. The van der Waals surface area contributed by atoms with Crippen LogP contribution in [0.15, 0.2) is 24.4 Å². The van der Waals surface area contributed by atoms with Gasteiger partial charge < -0.3 is 15.0 Å². The molecule has 20 heavy (non-hydrogen) atoms. The molecule has 1 aliphatic carbocycles. The molecule has 2 aromatic rings. The number of methoxy groups -OCH3 is 1. The Bertz CT molecular complexity index is 612. The quantitative estimate of drug-likeness (QED) is 0.823. The van der Waals surface area contributed by atoms with Crippen molar-refractivity contribution in [3.8, 4) is 5.75 Å². The fourth-order valence-electron chi connectivity index (χ4n) is 2.99. The molecule has 0 radical (unpaired) electrons. The SMILES string of the molecule is COc1cccc2c(C(=O)CNC3CCCC3)c[nH]c12. The van der Waals surface area contributed by atoms with E-state index in [0.717, 1.165) is 22.2 Å². The van der Waals surface area contributed by atoms with E-state index in [1.54, 1.807) is 13.3 Å². The largest absolute Gasteiger partial charge is 0.495 e. The zero-order chi connectivity index (χ0) is 13.9. The lowest BCUT2D eigenvalue weighted by Crippen LogP contribution is -2.31. The first kappa shape index (κ1) is 13.2. The maximum absolute atomic E-state index is 12.4. The molecule has 0 aliphatic heterocycles. The van der Waals surface area contributed by atoms with E-state index >= 15 is 0 Å². The van der Waals surface area contributed by atoms with Crippen LogP contribution in [0.25, 0.3) is 10.9 Å². The average molecular weight is 272 g/mol. The summed E-state index contributed by atoms with van der Waals surface area (Å²) >= 11 is 0. The van der Waals surface area contributed by atoms with E-state index in [-0.39, 0.29) is 5.78 Å². The molecule has 0 amide bonds. The van der Waals surface area contributed by atoms with E-state index in [1.165, 1.54) is 25.7 Å². The highest BCUT2D eigenvalue weighted by Gasteiger charge is 2.18. The Balaban J connectivity index is 1.77. The molecule has 1 heterocycles. The number of para-hydroxylation sites is 1. The van der Waals surface area contributed by atoms with Crippen LogP contribution in [0, 0.1) is 0 Å². The fourth-order valence-corrected chi connectivity index (χ4v) is 2.99. The van der Waals surface area contributed by atoms with Crippen LogP contribution in [0.1, 0.15) is 36.0 Å². The predicted octanol–water partition coefficient (Wildman–Crippen LogP) is 2.89. The van der Waals surface area contributed by atoms with Crippen molar-refractivity contribution in [2.75, 3.05) is 13.7 Å². The van der Waals surface area contributed by atoms with Gasteiger partial charge in [-0.25, -0.2) is 0 Å². The normalized spacial score (nSPS) is 15.8. The van der Waals surface area contributed by atoms with Gasteiger partial charge in [0.05, 0.1) is 19.2 Å². The molecule has 3 rings (SSSR count). The number of H-pyrrole nitrogens is 1. The molecule has 0 spiro atoms. The zero-order valence-electron chi connectivity index (χ0n) is 11.7. The Morgan fingerprint density at radius 3 is 2.95 bits per heavy atom. The van der Waals surface area contributed by atoms with Crippen LogP contribution in [-0.2, 0) is 0 Å². The van der Waals surface area contributed by atoms with Crippen LogP contribution in [-0.4, -0.2) is 30.5 Å². The van der Waals surface area contributed by atoms with Crippen LogP contribution in [0.2, 0.25) is 0 Å². The molecule has 106 valence electrons. The van der Waals surface area contributed by atoms with Gasteiger partial charge in [0.1, 0.15) is 5.75 Å². The third-order valence-corrected chi connectivity index (χ3v) is 4.10. The summed E-state index contributed by atoms with van der Waals surface area (Å²) < 4.78 is 5.30. The second-order valence-corrected chi connectivity index (χ2v) is 5.37. The van der Waals surface area contributed by atoms with Crippen LogP contribution >= 0.6 is 0 Å². The summed E-state index contributed by atoms with van der Waals surface area (Å²) in [6.45, 7) is 0.412. The lowest BCUT2D eigenvalue weighted by molar-refractivity contribution is 0.0989. The Labute approximate surface area is 118 Å². The van der Waals surface area contributed by atoms with E-state index in [4.69, 9.17) is 4.74 Å². The number of rotatable bonds is 5. The van der Waals surface area contributed by atoms with Crippen molar-refractivity contribution in [2.24, 2.45) is 0 Å². The summed E-state index contributed by atoms with van der Waals surface area (Å²) in [5, 5.41) is 4.30. The van der Waals surface area contributed by atoms with E-state index in [0.29, 0.717) is 12.6 Å². The van der Waals surface area contributed by atoms with Crippen LogP contribution in [0.4, 0.5) is 0 Å². The number of aromatic amines is 1. The molecule has 1 fully saturated rings. The number of hydrogen-bond donors (Lipinski definition) is 2. The molecule has 4 nitrogen and oxygen atoms in total. The number of fused-ring (bicyclic) bond motifs is 1. The standard InChI is InChI=1S/C16H20N2O2/c1-20-15-8-4-7-12-13(9-18-16(12)15)14(19)10-17-11-5-2-3-6-11/h4,7-9,11,17-18H,2-3,5-6,10H2,1H3. The predicted molar refractivity (Wildman–Crippen MR) is 79.4 cm³/mol. The van der Waals surface area contributed by atoms with Crippen molar-refractivity contribution in [2.45, 2.75) is 31.7 Å². The van der Waals surface area contributed by atoms with Crippen molar-refractivity contribution in [1.29, 1.82) is 0 Å². The average Bonchev–Trinajstić information content (AvgIpc) is 3.13. The summed E-state index contributed by atoms with van der Waals surface area (Å²) in [6.07, 6.45) is 6.71. The number of aromatic nitrogens is 1. The minimum Gasteiger partial charge on any atom is -0.495 e. The van der Waals surface area contributed by atoms with Gasteiger partial charge in [-0.2, -0.15) is 0 Å². The Morgan fingerprint density at radius 2 is 2.20 bits per heavy atom. The Hall–Kier alpha value is -1.81. The summed E-state index contributed by atoms with van der Waals surface area (Å²) in [5.41, 5.74) is 1.63. The molecular weight excluding hydrogens is 252 g/mol. The van der Waals surface area contributed by atoms with Crippen LogP contribution in [0.3, 0.4) is 0 Å². The smallest absolute Gasteiger partial charge is 0.178 e. The summed E-state index contributed by atoms with van der Waals surface area (Å²) in [4.78, 5) is 15.5. The molecule has 1 aromatic carbocycles. The molecule has 1 saturated carbocycles. The number of carbonyl (C=O) groups excluding carboxylic acids is 1. The van der Waals surface area contributed by atoms with E-state index < -0.39 is 0 Å². The highest BCUT2D eigenvalue weighted by Crippen LogP contribution is 2.27. The van der Waals surface area contributed by atoms with Crippen LogP contribution in [0.5, 0.6) is 5.75 Å². The minimum absolute atomic E-state index is 0.136. The number of ether oxygens (including phenoxy) is 1. The number of carbonyl (C=O) groups is 1. The molecule has 0 atom stereocenters. The number of ketones is 1. The second kappa shape index (κ2) is 5.67. The molecule has 1 aromatic heterocycles. The maximum Gasteiger partial charge on any atom is 0.178 e. The van der Waals surface area contributed by atoms with E-state index in [2.05, 4.69) is 10.3 Å². The third kappa shape index (κ3) is 2.43. The van der Waals surface area contributed by atoms with Crippen LogP contribution < -0.4 is 10.1 Å². The maximum atomic E-state index is 12.4. The summed E-state index contributed by atoms with van der Waals surface area (Å²) in [6, 6.07) is 6.27. The number of hydrogen-bond acceptors (Lipinski definition) is 3. The summed E-state index contributed by atoms with van der Waals surface area (Å²) in [7, 11) is 1.64. The van der Waals surface area contributed by atoms with Crippen molar-refractivity contribution in [1.82, 2.24) is 10.3 Å². The number of Topliss-reactive ketones (excluding diaryl/α,β-unsaturated/α-hetero) is 1. The highest BCUT2D eigenvalue weighted by molar-refractivity contribution is 6.09. The monoisotopic (exact) mass is 272 g/mol. The first-order valence-corrected chi connectivity index (χ1v) is 7.20. The first-order valence-electron chi connectivity index (χ1n) is 7.20. The zero-order valence-corrected chi connectivity index (χ0v) is 11.7. The number of nitrogens with one attached hydrogen (secondary N) is 2. The molecule has 0 saturated heterocycles. The van der Waals surface area contributed by atoms with Gasteiger partial charge in [-0.1, -0.05) is 25.0 Å². The first-order chi connectivity index (χ1) is 9.79. The van der Waals surface area contributed by atoms with Gasteiger partial charge in [-0.3, -0.25) is 4.79 Å². The highest BCUT2D eigenvalue weighted by atomic mass is 16.5. The molecule has 0 bridgehead atoms. The lowest BCUT2D eigenvalue weighted by atomic mass is 10.1. The van der Waals surface area contributed by atoms with Gasteiger partial charge >= 0.3 is 0 Å². The van der Waals surface area contributed by atoms with Crippen molar-refractivity contribution >= 4 is 16.7 Å². The lowest BCUT2D eigenvalue weighted by Gasteiger charge is -2.10. The minimum atomic E-state index is 0.136. The van der Waals surface area contributed by atoms with Gasteiger partial charge in [0.2, 0.25) is 0 Å². The Morgan fingerprint density at radius 1 is 1.40 bits per heavy atom. The summed E-state index contributed by atoms with van der Waals surface area (Å²) in [5.74, 6) is 0.904. The molecular formula is C16H20N2O2. The molecule has 1 aliphatic rings. The second-order valence-electron chi connectivity index (χ2n) is 5.37. The van der Waals surface area contributed by atoms with Crippen molar-refractivity contribution < 1.29 is 9.53 Å². The van der Waals surface area contributed by atoms with Gasteiger partial charge in [-0.15, -0.1) is 0 Å². The van der Waals surface area contributed by atoms with Gasteiger partial charge in [-0.05, 0) is 18.9 Å². The number of benzene rings is 1. The third-order valence-electron chi connectivity index (χ3n) is 4.10. The van der Waals surface area contributed by atoms with Gasteiger partial charge in [0, 0.05) is 23.2 Å². The molecule has 2 N–H and O–H groups in total. The van der Waals surface area contributed by atoms with E-state index in [9.17, 15) is 4.79 Å². The topological polar surface area (TPSA) is 54.1 Å². The molecule has 0 unspecified atom stereocenters. The van der Waals surface area contributed by atoms with Crippen molar-refractivity contribution in [3.63, 3.8) is 0 Å². The van der Waals surface area contributed by atoms with Gasteiger partial charge in [0.25, 0.3) is 0 Å². The Kier molecular flexibility index (Phi) is 3.74. The fraction of sp³-hybridized carbons (Fsp3) is 0.438. The van der Waals surface area contributed by atoms with Gasteiger partial charge in [0.15, 0.2) is 5.78 Å².